The molecule has 0 aliphatic heterocycles. The largest absolute Gasteiger partial charge is 0.481 e. The Labute approximate surface area is 121 Å². The first-order valence-electron chi connectivity index (χ1n) is 7.54. The first-order chi connectivity index (χ1) is 9.63. The molecule has 0 spiro atoms. The van der Waals surface area contributed by atoms with Gasteiger partial charge in [-0.05, 0) is 25.9 Å². The summed E-state index contributed by atoms with van der Waals surface area (Å²) in [5.41, 5.74) is 0. The zero-order valence-electron chi connectivity index (χ0n) is 12.7. The van der Waals surface area contributed by atoms with Crippen LogP contribution in [0.1, 0.15) is 39.5 Å². The summed E-state index contributed by atoms with van der Waals surface area (Å²) >= 11 is 0. The molecule has 5 heteroatoms. The molecule has 1 unspecified atom stereocenters. The van der Waals surface area contributed by atoms with Crippen molar-refractivity contribution in [2.24, 2.45) is 5.92 Å². The summed E-state index contributed by atoms with van der Waals surface area (Å²) in [6.07, 6.45) is 10.1. The fraction of sp³-hybridized carbons (Fsp3) is 0.733. The van der Waals surface area contributed by atoms with E-state index in [1.807, 2.05) is 12.5 Å². The predicted octanol–water partition coefficient (Wildman–Crippen LogP) is 2.49. The Morgan fingerprint density at radius 1 is 1.35 bits per heavy atom. The summed E-state index contributed by atoms with van der Waals surface area (Å²) in [4.78, 5) is 17.3. The first kappa shape index (κ1) is 16.7. The van der Waals surface area contributed by atoms with E-state index in [4.69, 9.17) is 5.11 Å². The summed E-state index contributed by atoms with van der Waals surface area (Å²) in [5, 5.41) is 9.04. The maximum absolute atomic E-state index is 11.0. The van der Waals surface area contributed by atoms with Gasteiger partial charge in [0.1, 0.15) is 0 Å². The molecule has 1 rings (SSSR count). The molecule has 1 atom stereocenters. The number of aromatic nitrogens is 2. The van der Waals surface area contributed by atoms with Gasteiger partial charge in [-0.25, -0.2) is 4.98 Å². The minimum absolute atomic E-state index is 0.301. The Hall–Kier alpha value is -1.36. The smallest absolute Gasteiger partial charge is 0.307 e. The monoisotopic (exact) mass is 281 g/mol. The van der Waals surface area contributed by atoms with Crippen molar-refractivity contribution >= 4 is 5.97 Å². The van der Waals surface area contributed by atoms with Crippen molar-refractivity contribution in [2.45, 2.75) is 46.1 Å². The molecule has 5 nitrogen and oxygen atoms in total. The minimum Gasteiger partial charge on any atom is -0.481 e. The quantitative estimate of drug-likeness (QED) is 0.633. The molecular formula is C15H27N3O2. The van der Waals surface area contributed by atoms with Crippen molar-refractivity contribution in [1.82, 2.24) is 14.5 Å². The summed E-state index contributed by atoms with van der Waals surface area (Å²) in [7, 11) is 0. The fourth-order valence-corrected chi connectivity index (χ4v) is 2.24. The maximum atomic E-state index is 11.0. The lowest BCUT2D eigenvalue weighted by atomic mass is 10.1. The molecule has 114 valence electrons. The van der Waals surface area contributed by atoms with Gasteiger partial charge >= 0.3 is 5.97 Å². The first-order valence-corrected chi connectivity index (χ1v) is 7.54. The van der Waals surface area contributed by atoms with Gasteiger partial charge in [-0.3, -0.25) is 4.79 Å². The number of aryl methyl sites for hydroxylation is 1. The average Bonchev–Trinajstić information content (AvgIpc) is 2.91. The summed E-state index contributed by atoms with van der Waals surface area (Å²) in [5.74, 6) is -1.01. The van der Waals surface area contributed by atoms with Gasteiger partial charge in [0, 0.05) is 25.5 Å². The van der Waals surface area contributed by atoms with Crippen molar-refractivity contribution in [3.63, 3.8) is 0 Å². The lowest BCUT2D eigenvalue weighted by Crippen LogP contribution is -2.34. The Morgan fingerprint density at radius 3 is 2.70 bits per heavy atom. The number of carbonyl (C=O) groups is 1. The van der Waals surface area contributed by atoms with E-state index in [2.05, 4.69) is 21.4 Å². The van der Waals surface area contributed by atoms with E-state index in [1.165, 1.54) is 12.8 Å². The Morgan fingerprint density at radius 2 is 2.10 bits per heavy atom. The fourth-order valence-electron chi connectivity index (χ4n) is 2.24. The van der Waals surface area contributed by atoms with Crippen LogP contribution in [0.15, 0.2) is 18.7 Å². The Balaban J connectivity index is 2.33. The molecule has 0 aliphatic rings. The van der Waals surface area contributed by atoms with Gasteiger partial charge in [-0.1, -0.05) is 26.7 Å². The molecule has 0 fully saturated rings. The molecule has 0 aromatic carbocycles. The SMILES string of the molecule is CCCCCN(CCCn1ccnc1)CC(C)C(=O)O. The zero-order chi connectivity index (χ0) is 14.8. The summed E-state index contributed by atoms with van der Waals surface area (Å²) < 4.78 is 2.06. The third-order valence-electron chi connectivity index (χ3n) is 3.48. The number of carboxylic acids is 1. The van der Waals surface area contributed by atoms with E-state index >= 15 is 0 Å². The molecule has 20 heavy (non-hydrogen) atoms. The standard InChI is InChI=1S/C15H27N3O2/c1-3-4-5-8-17(12-14(2)15(19)20)9-6-10-18-11-7-16-13-18/h7,11,13-14H,3-6,8-10,12H2,1-2H3,(H,19,20). The predicted molar refractivity (Wildman–Crippen MR) is 79.6 cm³/mol. The van der Waals surface area contributed by atoms with Crippen molar-refractivity contribution < 1.29 is 9.90 Å². The second kappa shape index (κ2) is 9.53. The zero-order valence-corrected chi connectivity index (χ0v) is 12.7. The highest BCUT2D eigenvalue weighted by atomic mass is 16.4. The number of hydrogen-bond donors (Lipinski definition) is 1. The van der Waals surface area contributed by atoms with Crippen LogP contribution in [0.4, 0.5) is 0 Å². The Kier molecular flexibility index (Phi) is 7.95. The van der Waals surface area contributed by atoms with Crippen LogP contribution < -0.4 is 0 Å². The second-order valence-electron chi connectivity index (χ2n) is 5.40. The lowest BCUT2D eigenvalue weighted by Gasteiger charge is -2.24. The number of hydrogen-bond acceptors (Lipinski definition) is 3. The highest BCUT2D eigenvalue weighted by Gasteiger charge is 2.15. The highest BCUT2D eigenvalue weighted by Crippen LogP contribution is 2.05. The molecule has 1 aromatic rings. The Bertz CT molecular complexity index is 365. The summed E-state index contributed by atoms with van der Waals surface area (Å²) in [6.45, 7) is 7.48. The number of imidazole rings is 1. The van der Waals surface area contributed by atoms with Gasteiger partial charge in [0.05, 0.1) is 12.2 Å². The molecule has 1 heterocycles. The number of nitrogens with zero attached hydrogens (tertiary/aromatic N) is 3. The molecule has 0 saturated heterocycles. The van der Waals surface area contributed by atoms with Crippen LogP contribution >= 0.6 is 0 Å². The number of carboxylic acid groups (broad SMARTS) is 1. The van der Waals surface area contributed by atoms with Crippen LogP contribution in [-0.2, 0) is 11.3 Å². The van der Waals surface area contributed by atoms with E-state index in [9.17, 15) is 4.79 Å². The van der Waals surface area contributed by atoms with Gasteiger partial charge in [-0.15, -0.1) is 0 Å². The molecule has 0 amide bonds. The van der Waals surface area contributed by atoms with Crippen molar-refractivity contribution in [1.29, 1.82) is 0 Å². The average molecular weight is 281 g/mol. The molecule has 0 bridgehead atoms. The molecule has 0 saturated carbocycles. The third-order valence-corrected chi connectivity index (χ3v) is 3.48. The minimum atomic E-state index is -0.708. The van der Waals surface area contributed by atoms with Crippen LogP contribution in [0.25, 0.3) is 0 Å². The van der Waals surface area contributed by atoms with Gasteiger partial charge in [0.2, 0.25) is 0 Å². The van der Waals surface area contributed by atoms with E-state index in [0.717, 1.165) is 32.5 Å². The maximum Gasteiger partial charge on any atom is 0.307 e. The third kappa shape index (κ3) is 6.70. The normalized spacial score (nSPS) is 12.8. The number of aliphatic carboxylic acids is 1. The van der Waals surface area contributed by atoms with Crippen LogP contribution in [0.5, 0.6) is 0 Å². The van der Waals surface area contributed by atoms with Gasteiger partial charge in [0.15, 0.2) is 0 Å². The topological polar surface area (TPSA) is 58.4 Å². The van der Waals surface area contributed by atoms with Crippen molar-refractivity contribution in [3.8, 4) is 0 Å². The van der Waals surface area contributed by atoms with Gasteiger partial charge < -0.3 is 14.6 Å². The van der Waals surface area contributed by atoms with E-state index in [1.54, 1.807) is 13.1 Å². The highest BCUT2D eigenvalue weighted by molar-refractivity contribution is 5.69. The second-order valence-corrected chi connectivity index (χ2v) is 5.40. The van der Waals surface area contributed by atoms with Crippen molar-refractivity contribution in [2.75, 3.05) is 19.6 Å². The van der Waals surface area contributed by atoms with Gasteiger partial charge in [-0.2, -0.15) is 0 Å². The summed E-state index contributed by atoms with van der Waals surface area (Å²) in [6, 6.07) is 0. The van der Waals surface area contributed by atoms with Crippen molar-refractivity contribution in [3.05, 3.63) is 18.7 Å². The number of rotatable bonds is 11. The van der Waals surface area contributed by atoms with Gasteiger partial charge in [0.25, 0.3) is 0 Å². The van der Waals surface area contributed by atoms with Crippen LogP contribution in [0.3, 0.4) is 0 Å². The van der Waals surface area contributed by atoms with Crippen LogP contribution in [0.2, 0.25) is 0 Å². The molecular weight excluding hydrogens is 254 g/mol. The van der Waals surface area contributed by atoms with E-state index < -0.39 is 5.97 Å². The number of unbranched alkanes of at least 4 members (excludes halogenated alkanes) is 2. The molecule has 1 N–H and O–H groups in total. The lowest BCUT2D eigenvalue weighted by molar-refractivity contribution is -0.141. The molecule has 1 aromatic heterocycles. The van der Waals surface area contributed by atoms with E-state index in [-0.39, 0.29) is 5.92 Å². The van der Waals surface area contributed by atoms with Crippen LogP contribution in [-0.4, -0.2) is 45.2 Å². The molecule has 0 radical (unpaired) electrons. The van der Waals surface area contributed by atoms with E-state index in [0.29, 0.717) is 6.54 Å². The molecule has 0 aliphatic carbocycles. The van der Waals surface area contributed by atoms with Crippen LogP contribution in [0, 0.1) is 5.92 Å².